The van der Waals surface area contributed by atoms with Gasteiger partial charge < -0.3 is 15.4 Å². The number of aliphatic hydroxyl groups excluding tert-OH is 1. The van der Waals surface area contributed by atoms with Crippen molar-refractivity contribution in [3.05, 3.63) is 48.0 Å². The maximum absolute atomic E-state index is 13.0. The zero-order valence-electron chi connectivity index (χ0n) is 11.9. The molecule has 0 saturated heterocycles. The summed E-state index contributed by atoms with van der Waals surface area (Å²) < 4.78 is 13.0. The Balaban J connectivity index is 2.19. The molecule has 21 heavy (non-hydrogen) atoms. The predicted octanol–water partition coefficient (Wildman–Crippen LogP) is 2.71. The first-order chi connectivity index (χ1) is 10.2. The molecule has 1 heterocycles. The predicted molar refractivity (Wildman–Crippen MR) is 79.4 cm³/mol. The van der Waals surface area contributed by atoms with E-state index in [1.165, 1.54) is 12.1 Å². The maximum Gasteiger partial charge on any atom is 0.253 e. The third kappa shape index (κ3) is 3.70. The molecular weight excluding hydrogens is 271 g/mol. The highest BCUT2D eigenvalue weighted by Crippen LogP contribution is 2.24. The van der Waals surface area contributed by atoms with Crippen molar-refractivity contribution in [2.75, 3.05) is 6.61 Å². The van der Waals surface area contributed by atoms with E-state index in [0.717, 1.165) is 17.5 Å². The van der Waals surface area contributed by atoms with Gasteiger partial charge in [-0.25, -0.2) is 4.39 Å². The van der Waals surface area contributed by atoms with Crippen molar-refractivity contribution in [2.24, 2.45) is 0 Å². The van der Waals surface area contributed by atoms with Gasteiger partial charge in [0, 0.05) is 30.6 Å². The highest BCUT2D eigenvalue weighted by atomic mass is 19.1. The van der Waals surface area contributed by atoms with E-state index >= 15 is 0 Å². The molecule has 1 aromatic heterocycles. The molecule has 1 unspecified atom stereocenters. The number of aromatic amines is 1. The minimum Gasteiger partial charge on any atom is -0.396 e. The molecule has 0 aliphatic rings. The van der Waals surface area contributed by atoms with Crippen LogP contribution in [0.15, 0.2) is 36.7 Å². The summed E-state index contributed by atoms with van der Waals surface area (Å²) in [5, 5.41) is 11.9. The third-order valence-corrected chi connectivity index (χ3v) is 3.45. The second kappa shape index (κ2) is 7.04. The van der Waals surface area contributed by atoms with Gasteiger partial charge in [0.1, 0.15) is 5.82 Å². The molecule has 2 aromatic rings. The fourth-order valence-electron chi connectivity index (χ4n) is 2.22. The molecule has 3 N–H and O–H groups in total. The van der Waals surface area contributed by atoms with Crippen molar-refractivity contribution in [1.29, 1.82) is 0 Å². The number of hydrogen-bond donors (Lipinski definition) is 3. The lowest BCUT2D eigenvalue weighted by molar-refractivity contribution is 0.0930. The van der Waals surface area contributed by atoms with Crippen LogP contribution in [0.4, 0.5) is 4.39 Å². The van der Waals surface area contributed by atoms with Gasteiger partial charge in [-0.15, -0.1) is 0 Å². The summed E-state index contributed by atoms with van der Waals surface area (Å²) >= 11 is 0. The Kier molecular flexibility index (Phi) is 5.11. The Hall–Kier alpha value is -2.14. The number of halogens is 1. The average molecular weight is 290 g/mol. The summed E-state index contributed by atoms with van der Waals surface area (Å²) in [6, 6.07) is 5.95. The zero-order chi connectivity index (χ0) is 15.2. The smallest absolute Gasteiger partial charge is 0.253 e. The second-order valence-electron chi connectivity index (χ2n) is 4.88. The van der Waals surface area contributed by atoms with Crippen LogP contribution in [0.5, 0.6) is 0 Å². The van der Waals surface area contributed by atoms with E-state index in [9.17, 15) is 9.18 Å². The highest BCUT2D eigenvalue weighted by molar-refractivity contribution is 6.00. The summed E-state index contributed by atoms with van der Waals surface area (Å²) in [5.41, 5.74) is 2.02. The fourth-order valence-corrected chi connectivity index (χ4v) is 2.22. The number of rotatable bonds is 6. The molecule has 2 rings (SSSR count). The number of H-pyrrole nitrogens is 1. The van der Waals surface area contributed by atoms with Crippen molar-refractivity contribution in [1.82, 2.24) is 10.3 Å². The van der Waals surface area contributed by atoms with E-state index < -0.39 is 0 Å². The molecule has 4 nitrogen and oxygen atoms in total. The van der Waals surface area contributed by atoms with E-state index in [1.807, 2.05) is 6.92 Å². The minimum absolute atomic E-state index is 0.0384. The van der Waals surface area contributed by atoms with E-state index in [4.69, 9.17) is 5.11 Å². The molecule has 1 amide bonds. The van der Waals surface area contributed by atoms with Crippen molar-refractivity contribution in [2.45, 2.75) is 25.8 Å². The number of nitrogens with one attached hydrogen (secondary N) is 2. The van der Waals surface area contributed by atoms with Crippen LogP contribution in [-0.2, 0) is 0 Å². The summed E-state index contributed by atoms with van der Waals surface area (Å²) in [5.74, 6) is -0.509. The summed E-state index contributed by atoms with van der Waals surface area (Å²) in [6.07, 6.45) is 4.62. The maximum atomic E-state index is 13.0. The van der Waals surface area contributed by atoms with Crippen molar-refractivity contribution >= 4 is 5.91 Å². The van der Waals surface area contributed by atoms with Crippen LogP contribution in [0.2, 0.25) is 0 Å². The van der Waals surface area contributed by atoms with Crippen LogP contribution in [0.1, 0.15) is 30.1 Å². The third-order valence-electron chi connectivity index (χ3n) is 3.45. The molecule has 112 valence electrons. The Morgan fingerprint density at radius 1 is 1.33 bits per heavy atom. The lowest BCUT2D eigenvalue weighted by Gasteiger charge is -2.15. The van der Waals surface area contributed by atoms with Gasteiger partial charge in [0.15, 0.2) is 0 Å². The minimum atomic E-state index is -0.311. The lowest BCUT2D eigenvalue weighted by atomic mass is 10.0. The molecule has 0 aliphatic carbocycles. The van der Waals surface area contributed by atoms with Crippen LogP contribution in [0, 0.1) is 5.82 Å². The molecule has 0 aliphatic heterocycles. The summed E-state index contributed by atoms with van der Waals surface area (Å²) in [6.45, 7) is 2.00. The topological polar surface area (TPSA) is 65.1 Å². The molecule has 0 saturated carbocycles. The molecule has 0 fully saturated rings. The number of benzene rings is 1. The molecule has 1 aromatic carbocycles. The summed E-state index contributed by atoms with van der Waals surface area (Å²) in [7, 11) is 0. The standard InChI is InChI=1S/C16H19FN2O2/c1-2-13(7-8-20)19-16(21)15-10-18-9-14(15)11-3-5-12(17)6-4-11/h3-6,9-10,13,18,20H,2,7-8H2,1H3,(H,19,21). The SMILES string of the molecule is CCC(CCO)NC(=O)c1c[nH]cc1-c1ccc(F)cc1. The van der Waals surface area contributed by atoms with E-state index in [-0.39, 0.29) is 24.4 Å². The normalized spacial score (nSPS) is 12.1. The molecule has 1 atom stereocenters. The first-order valence-corrected chi connectivity index (χ1v) is 7.00. The average Bonchev–Trinajstić information content (AvgIpc) is 2.97. The van der Waals surface area contributed by atoms with Crippen LogP contribution in [0.25, 0.3) is 11.1 Å². The molecule has 0 spiro atoms. The first-order valence-electron chi connectivity index (χ1n) is 7.00. The second-order valence-corrected chi connectivity index (χ2v) is 4.88. The number of aliphatic hydroxyl groups is 1. The first kappa shape index (κ1) is 15.3. The molecular formula is C16H19FN2O2. The number of hydrogen-bond acceptors (Lipinski definition) is 2. The van der Waals surface area contributed by atoms with Crippen molar-refractivity contribution in [3.8, 4) is 11.1 Å². The Morgan fingerprint density at radius 3 is 2.67 bits per heavy atom. The quantitative estimate of drug-likeness (QED) is 0.766. The van der Waals surface area contributed by atoms with Gasteiger partial charge in [-0.05, 0) is 30.5 Å². The summed E-state index contributed by atoms with van der Waals surface area (Å²) in [4.78, 5) is 15.2. The zero-order valence-corrected chi connectivity index (χ0v) is 11.9. The fraction of sp³-hybridized carbons (Fsp3) is 0.312. The Labute approximate surface area is 123 Å². The van der Waals surface area contributed by atoms with Gasteiger partial charge in [0.2, 0.25) is 0 Å². The van der Waals surface area contributed by atoms with Gasteiger partial charge in [0.25, 0.3) is 5.91 Å². The van der Waals surface area contributed by atoms with Crippen molar-refractivity contribution < 1.29 is 14.3 Å². The van der Waals surface area contributed by atoms with E-state index in [1.54, 1.807) is 24.5 Å². The van der Waals surface area contributed by atoms with Crippen LogP contribution < -0.4 is 5.32 Å². The van der Waals surface area contributed by atoms with E-state index in [2.05, 4.69) is 10.3 Å². The van der Waals surface area contributed by atoms with Gasteiger partial charge in [-0.2, -0.15) is 0 Å². The highest BCUT2D eigenvalue weighted by Gasteiger charge is 2.17. The largest absolute Gasteiger partial charge is 0.396 e. The molecule has 0 bridgehead atoms. The van der Waals surface area contributed by atoms with Gasteiger partial charge >= 0.3 is 0 Å². The van der Waals surface area contributed by atoms with Crippen LogP contribution in [-0.4, -0.2) is 28.6 Å². The number of aromatic nitrogens is 1. The molecule has 5 heteroatoms. The van der Waals surface area contributed by atoms with Gasteiger partial charge in [-0.3, -0.25) is 4.79 Å². The molecule has 0 radical (unpaired) electrons. The van der Waals surface area contributed by atoms with Gasteiger partial charge in [-0.1, -0.05) is 19.1 Å². The number of amides is 1. The van der Waals surface area contributed by atoms with Crippen LogP contribution >= 0.6 is 0 Å². The van der Waals surface area contributed by atoms with Crippen molar-refractivity contribution in [3.63, 3.8) is 0 Å². The Morgan fingerprint density at radius 2 is 2.05 bits per heavy atom. The Bertz CT molecular complexity index is 593. The monoisotopic (exact) mass is 290 g/mol. The van der Waals surface area contributed by atoms with Gasteiger partial charge in [0.05, 0.1) is 5.56 Å². The number of carbonyl (C=O) groups excluding carboxylic acids is 1. The van der Waals surface area contributed by atoms with Crippen LogP contribution in [0.3, 0.4) is 0 Å². The number of carbonyl (C=O) groups is 1. The lowest BCUT2D eigenvalue weighted by Crippen LogP contribution is -2.35. The van der Waals surface area contributed by atoms with E-state index in [0.29, 0.717) is 12.0 Å².